The zero-order valence-electron chi connectivity index (χ0n) is 19.5. The van der Waals surface area contributed by atoms with Crippen molar-refractivity contribution in [3.05, 3.63) is 66.5 Å². The van der Waals surface area contributed by atoms with Gasteiger partial charge in [-0.25, -0.2) is 14.4 Å². The summed E-state index contributed by atoms with van der Waals surface area (Å²) in [7, 11) is 3.21. The standard InChI is InChI=1S/C26H26FN3O5/c1-31-10-12-33-23-15-21-22(16-24(23)34-13-11-32-2)29-26(30-25(21)28)17-6-8-19(9-7-17)35-20-5-3-4-18(27)14-20/h3-9,14-16H,10-13H2,1-2H3,(H2,28,29,30). The van der Waals surface area contributed by atoms with E-state index in [0.717, 1.165) is 5.56 Å². The molecule has 0 atom stereocenters. The summed E-state index contributed by atoms with van der Waals surface area (Å²) in [6.45, 7) is 1.56. The molecule has 0 aliphatic rings. The van der Waals surface area contributed by atoms with Gasteiger partial charge in [-0.05, 0) is 42.5 Å². The smallest absolute Gasteiger partial charge is 0.163 e. The SMILES string of the molecule is COCCOc1cc2nc(-c3ccc(Oc4cccc(F)c4)cc3)nc(N)c2cc1OCCOC. The number of halogens is 1. The maximum atomic E-state index is 13.4. The van der Waals surface area contributed by atoms with Gasteiger partial charge in [0, 0.05) is 37.3 Å². The zero-order valence-corrected chi connectivity index (χ0v) is 19.5. The van der Waals surface area contributed by atoms with Crippen LogP contribution in [0.25, 0.3) is 22.3 Å². The fourth-order valence-electron chi connectivity index (χ4n) is 3.32. The van der Waals surface area contributed by atoms with Crippen LogP contribution in [-0.2, 0) is 9.47 Å². The fraction of sp³-hybridized carbons (Fsp3) is 0.231. The zero-order chi connectivity index (χ0) is 24.6. The average Bonchev–Trinajstić information content (AvgIpc) is 2.85. The number of benzene rings is 3. The van der Waals surface area contributed by atoms with Gasteiger partial charge in [0.1, 0.15) is 36.3 Å². The first-order valence-electron chi connectivity index (χ1n) is 11.0. The summed E-state index contributed by atoms with van der Waals surface area (Å²) in [6.07, 6.45) is 0. The lowest BCUT2D eigenvalue weighted by Gasteiger charge is -2.15. The molecule has 0 amide bonds. The van der Waals surface area contributed by atoms with E-state index in [1.165, 1.54) is 12.1 Å². The summed E-state index contributed by atoms with van der Waals surface area (Å²) in [5, 5.41) is 0.645. The van der Waals surface area contributed by atoms with Crippen molar-refractivity contribution in [2.75, 3.05) is 46.4 Å². The molecular formula is C26H26FN3O5. The second-order valence-electron chi connectivity index (χ2n) is 7.51. The molecule has 0 saturated heterocycles. The molecule has 4 rings (SSSR count). The molecule has 4 aromatic rings. The van der Waals surface area contributed by atoms with Crippen molar-refractivity contribution in [3.8, 4) is 34.4 Å². The Balaban J connectivity index is 1.62. The van der Waals surface area contributed by atoms with E-state index in [1.807, 2.05) is 12.1 Å². The molecule has 0 spiro atoms. The second-order valence-corrected chi connectivity index (χ2v) is 7.51. The van der Waals surface area contributed by atoms with Crippen molar-refractivity contribution in [1.82, 2.24) is 9.97 Å². The highest BCUT2D eigenvalue weighted by Crippen LogP contribution is 2.35. The van der Waals surface area contributed by atoms with Gasteiger partial charge in [0.05, 0.1) is 18.7 Å². The van der Waals surface area contributed by atoms with Crippen LogP contribution in [0.1, 0.15) is 0 Å². The van der Waals surface area contributed by atoms with E-state index in [9.17, 15) is 4.39 Å². The van der Waals surface area contributed by atoms with Crippen molar-refractivity contribution in [2.45, 2.75) is 0 Å². The van der Waals surface area contributed by atoms with Crippen LogP contribution in [-0.4, -0.2) is 50.6 Å². The number of aromatic nitrogens is 2. The lowest BCUT2D eigenvalue weighted by Crippen LogP contribution is -2.09. The number of hydrogen-bond donors (Lipinski definition) is 1. The van der Waals surface area contributed by atoms with E-state index >= 15 is 0 Å². The molecular weight excluding hydrogens is 453 g/mol. The fourth-order valence-corrected chi connectivity index (χ4v) is 3.32. The lowest BCUT2D eigenvalue weighted by atomic mass is 10.1. The Morgan fingerprint density at radius 1 is 0.771 bits per heavy atom. The summed E-state index contributed by atoms with van der Waals surface area (Å²) in [4.78, 5) is 9.16. The first-order valence-corrected chi connectivity index (χ1v) is 11.0. The van der Waals surface area contributed by atoms with Gasteiger partial charge in [0.15, 0.2) is 17.3 Å². The minimum absolute atomic E-state index is 0.310. The molecule has 182 valence electrons. The van der Waals surface area contributed by atoms with Crippen molar-refractivity contribution in [2.24, 2.45) is 0 Å². The highest BCUT2D eigenvalue weighted by Gasteiger charge is 2.14. The molecule has 0 aliphatic carbocycles. The number of methoxy groups -OCH3 is 2. The molecule has 2 N–H and O–H groups in total. The highest BCUT2D eigenvalue weighted by atomic mass is 19.1. The van der Waals surface area contributed by atoms with Crippen LogP contribution in [0.2, 0.25) is 0 Å². The van der Waals surface area contributed by atoms with E-state index in [4.69, 9.17) is 29.4 Å². The molecule has 0 radical (unpaired) electrons. The molecule has 0 aliphatic heterocycles. The number of nitrogen functional groups attached to an aromatic ring is 1. The van der Waals surface area contributed by atoms with Gasteiger partial charge in [-0.3, -0.25) is 0 Å². The van der Waals surface area contributed by atoms with E-state index in [2.05, 4.69) is 9.97 Å². The molecule has 0 bridgehead atoms. The molecule has 0 fully saturated rings. The van der Waals surface area contributed by atoms with Gasteiger partial charge < -0.3 is 29.4 Å². The Labute approximate surface area is 202 Å². The molecule has 8 nitrogen and oxygen atoms in total. The minimum Gasteiger partial charge on any atom is -0.487 e. The number of ether oxygens (including phenoxy) is 5. The van der Waals surface area contributed by atoms with Crippen LogP contribution in [0.4, 0.5) is 10.2 Å². The van der Waals surface area contributed by atoms with Gasteiger partial charge in [-0.2, -0.15) is 0 Å². The molecule has 35 heavy (non-hydrogen) atoms. The van der Waals surface area contributed by atoms with Gasteiger partial charge in [0.2, 0.25) is 0 Å². The minimum atomic E-state index is -0.364. The van der Waals surface area contributed by atoms with Crippen molar-refractivity contribution < 1.29 is 28.1 Å². The molecule has 1 heterocycles. The van der Waals surface area contributed by atoms with E-state index < -0.39 is 0 Å². The topological polar surface area (TPSA) is 98.0 Å². The predicted molar refractivity (Wildman–Crippen MR) is 131 cm³/mol. The maximum Gasteiger partial charge on any atom is 0.163 e. The summed E-state index contributed by atoms with van der Waals surface area (Å²) >= 11 is 0. The van der Waals surface area contributed by atoms with Crippen LogP contribution in [0.5, 0.6) is 23.0 Å². The predicted octanol–water partition coefficient (Wildman–Crippen LogP) is 4.86. The first-order chi connectivity index (χ1) is 17.1. The Kier molecular flexibility index (Phi) is 7.92. The van der Waals surface area contributed by atoms with Gasteiger partial charge in [0.25, 0.3) is 0 Å². The molecule has 1 aromatic heterocycles. The van der Waals surface area contributed by atoms with Crippen LogP contribution < -0.4 is 19.9 Å². The van der Waals surface area contributed by atoms with E-state index in [-0.39, 0.29) is 5.82 Å². The Bertz CT molecular complexity index is 1280. The van der Waals surface area contributed by atoms with Crippen LogP contribution in [0.15, 0.2) is 60.7 Å². The van der Waals surface area contributed by atoms with Crippen molar-refractivity contribution in [3.63, 3.8) is 0 Å². The quantitative estimate of drug-likeness (QED) is 0.305. The van der Waals surface area contributed by atoms with Crippen molar-refractivity contribution in [1.29, 1.82) is 0 Å². The molecule has 0 saturated carbocycles. The van der Waals surface area contributed by atoms with Gasteiger partial charge in [-0.1, -0.05) is 6.07 Å². The van der Waals surface area contributed by atoms with Crippen LogP contribution in [0.3, 0.4) is 0 Å². The number of rotatable bonds is 11. The summed E-state index contributed by atoms with van der Waals surface area (Å²) in [5.74, 6) is 2.40. The third-order valence-electron chi connectivity index (χ3n) is 5.03. The number of nitrogens with two attached hydrogens (primary N) is 1. The Morgan fingerprint density at radius 3 is 2.11 bits per heavy atom. The summed E-state index contributed by atoms with van der Waals surface area (Å²) < 4.78 is 40.9. The Hall–Kier alpha value is -3.95. The van der Waals surface area contributed by atoms with Crippen molar-refractivity contribution >= 4 is 16.7 Å². The van der Waals surface area contributed by atoms with Crippen LogP contribution in [0, 0.1) is 5.82 Å². The average molecular weight is 480 g/mol. The number of nitrogens with zero attached hydrogens (tertiary/aromatic N) is 2. The monoisotopic (exact) mass is 479 g/mol. The molecule has 0 unspecified atom stereocenters. The number of anilines is 1. The first kappa shape index (κ1) is 24.2. The number of fused-ring (bicyclic) bond motifs is 1. The van der Waals surface area contributed by atoms with E-state index in [1.54, 1.807) is 50.6 Å². The highest BCUT2D eigenvalue weighted by molar-refractivity contribution is 5.92. The Morgan fingerprint density at radius 2 is 1.46 bits per heavy atom. The third kappa shape index (κ3) is 6.14. The second kappa shape index (κ2) is 11.5. The molecule has 9 heteroatoms. The normalized spacial score (nSPS) is 10.9. The van der Waals surface area contributed by atoms with Crippen LogP contribution >= 0.6 is 0 Å². The number of hydrogen-bond acceptors (Lipinski definition) is 8. The largest absolute Gasteiger partial charge is 0.487 e. The molecule has 3 aromatic carbocycles. The summed E-state index contributed by atoms with van der Waals surface area (Å²) in [5.41, 5.74) is 7.64. The van der Waals surface area contributed by atoms with Gasteiger partial charge in [-0.15, -0.1) is 0 Å². The third-order valence-corrected chi connectivity index (χ3v) is 5.03. The lowest BCUT2D eigenvalue weighted by molar-refractivity contribution is 0.132. The van der Waals surface area contributed by atoms with E-state index in [0.29, 0.717) is 72.0 Å². The van der Waals surface area contributed by atoms with Gasteiger partial charge >= 0.3 is 0 Å². The summed E-state index contributed by atoms with van der Waals surface area (Å²) in [6, 6.07) is 16.6. The maximum absolute atomic E-state index is 13.4.